The van der Waals surface area contributed by atoms with Crippen LogP contribution in [-0.4, -0.2) is 35.3 Å². The van der Waals surface area contributed by atoms with Crippen LogP contribution in [0.2, 0.25) is 0 Å². The van der Waals surface area contributed by atoms with Crippen molar-refractivity contribution in [2.75, 3.05) is 5.75 Å². The molecular formula is C20H27N3O5S. The lowest BCUT2D eigenvalue weighted by atomic mass is 9.86. The van der Waals surface area contributed by atoms with Crippen LogP contribution in [0.25, 0.3) is 11.0 Å². The van der Waals surface area contributed by atoms with Gasteiger partial charge in [0.2, 0.25) is 5.91 Å². The Morgan fingerprint density at radius 1 is 1.07 bits per heavy atom. The van der Waals surface area contributed by atoms with E-state index in [2.05, 4.69) is 12.2 Å². The summed E-state index contributed by atoms with van der Waals surface area (Å²) in [6.45, 7) is 2.10. The first-order chi connectivity index (χ1) is 13.6. The fourth-order valence-electron chi connectivity index (χ4n) is 3.91. The number of hydrogen-bond donors (Lipinski definition) is 1. The van der Waals surface area contributed by atoms with Crippen LogP contribution in [0.4, 0.5) is 0 Å². The van der Waals surface area contributed by atoms with Gasteiger partial charge in [-0.1, -0.05) is 19.8 Å². The molecule has 158 valence electrons. The second-order valence-corrected chi connectivity index (χ2v) is 9.99. The highest BCUT2D eigenvalue weighted by Gasteiger charge is 2.24. The maximum atomic E-state index is 12.7. The Morgan fingerprint density at radius 2 is 1.69 bits per heavy atom. The van der Waals surface area contributed by atoms with Crippen LogP contribution in [0, 0.1) is 5.92 Å². The first-order valence-electron chi connectivity index (χ1n) is 9.83. The third-order valence-corrected chi connectivity index (χ3v) is 7.59. The summed E-state index contributed by atoms with van der Waals surface area (Å²) in [7, 11) is -0.816. The number of rotatable bonds is 5. The molecule has 0 radical (unpaired) electrons. The van der Waals surface area contributed by atoms with E-state index in [0.717, 1.165) is 30.3 Å². The number of benzene rings is 1. The van der Waals surface area contributed by atoms with Gasteiger partial charge in [0.1, 0.15) is 0 Å². The van der Waals surface area contributed by atoms with Crippen molar-refractivity contribution in [1.82, 2.24) is 14.5 Å². The normalized spacial score (nSPS) is 20.0. The summed E-state index contributed by atoms with van der Waals surface area (Å²) in [5, 5.41) is 2.97. The highest BCUT2D eigenvalue weighted by Crippen LogP contribution is 2.24. The monoisotopic (exact) mass is 421 g/mol. The fraction of sp³-hybridized carbons (Fsp3) is 0.550. The first kappa shape index (κ1) is 21.3. The van der Waals surface area contributed by atoms with Gasteiger partial charge in [0.05, 0.1) is 21.7 Å². The van der Waals surface area contributed by atoms with Crippen molar-refractivity contribution in [3.63, 3.8) is 0 Å². The minimum atomic E-state index is -3.72. The van der Waals surface area contributed by atoms with Crippen LogP contribution in [0.3, 0.4) is 0 Å². The Hall–Kier alpha value is -2.42. The minimum absolute atomic E-state index is 0.0254. The summed E-state index contributed by atoms with van der Waals surface area (Å²) in [5.41, 5.74) is -0.599. The number of aryl methyl sites for hydroxylation is 2. The number of amides is 1. The van der Waals surface area contributed by atoms with Crippen LogP contribution in [0.1, 0.15) is 39.0 Å². The van der Waals surface area contributed by atoms with Gasteiger partial charge < -0.3 is 14.5 Å². The predicted octanol–water partition coefficient (Wildman–Crippen LogP) is 1.10. The number of fused-ring (bicyclic) bond motifs is 1. The third-order valence-electron chi connectivity index (χ3n) is 5.88. The van der Waals surface area contributed by atoms with Crippen molar-refractivity contribution in [3.8, 4) is 0 Å². The Balaban J connectivity index is 1.79. The second-order valence-electron chi connectivity index (χ2n) is 7.88. The summed E-state index contributed by atoms with van der Waals surface area (Å²) in [6, 6.07) is 4.40. The van der Waals surface area contributed by atoms with Gasteiger partial charge in [0.25, 0.3) is 0 Å². The summed E-state index contributed by atoms with van der Waals surface area (Å²) in [6.07, 6.45) is 4.12. The molecule has 1 N–H and O–H groups in total. The highest BCUT2D eigenvalue weighted by atomic mass is 32.2. The predicted molar refractivity (Wildman–Crippen MR) is 111 cm³/mol. The van der Waals surface area contributed by atoms with E-state index < -0.39 is 21.0 Å². The smallest absolute Gasteiger partial charge is 0.316 e. The zero-order chi connectivity index (χ0) is 21.3. The molecule has 0 saturated heterocycles. The van der Waals surface area contributed by atoms with Crippen molar-refractivity contribution in [2.24, 2.45) is 20.0 Å². The van der Waals surface area contributed by atoms with Crippen LogP contribution in [0.5, 0.6) is 0 Å². The van der Waals surface area contributed by atoms with Gasteiger partial charge in [-0.25, -0.2) is 8.42 Å². The van der Waals surface area contributed by atoms with Gasteiger partial charge >= 0.3 is 11.1 Å². The molecule has 9 heteroatoms. The van der Waals surface area contributed by atoms with E-state index in [-0.39, 0.29) is 29.0 Å². The van der Waals surface area contributed by atoms with Crippen molar-refractivity contribution in [3.05, 3.63) is 38.9 Å². The maximum Gasteiger partial charge on any atom is 0.316 e. The summed E-state index contributed by atoms with van der Waals surface area (Å²) in [5.74, 6) is -0.175. The Kier molecular flexibility index (Phi) is 5.97. The number of nitrogens with one attached hydrogen (secondary N) is 1. The van der Waals surface area contributed by atoms with Crippen molar-refractivity contribution in [1.29, 1.82) is 0 Å². The lowest BCUT2D eigenvalue weighted by Gasteiger charge is -2.29. The van der Waals surface area contributed by atoms with Crippen LogP contribution >= 0.6 is 0 Å². The lowest BCUT2D eigenvalue weighted by Crippen LogP contribution is -2.41. The number of sulfone groups is 1. The molecule has 1 heterocycles. The van der Waals surface area contributed by atoms with E-state index in [9.17, 15) is 22.8 Å². The average molecular weight is 422 g/mol. The molecule has 1 amide bonds. The molecule has 0 bridgehead atoms. The van der Waals surface area contributed by atoms with Crippen molar-refractivity contribution < 1.29 is 13.2 Å². The number of aromatic nitrogens is 2. The number of carbonyl (C=O) groups excluding carboxylic acids is 1. The molecule has 0 spiro atoms. The number of carbonyl (C=O) groups is 1. The SMILES string of the molecule is CC1CCCCC1NC(=O)CCS(=O)(=O)c1ccc2c(c1)n(C)c(=O)c(=O)n2C. The topological polar surface area (TPSA) is 107 Å². The molecule has 1 aliphatic rings. The fourth-order valence-corrected chi connectivity index (χ4v) is 5.17. The summed E-state index contributed by atoms with van der Waals surface area (Å²) in [4.78, 5) is 36.2. The van der Waals surface area contributed by atoms with Crippen molar-refractivity contribution >= 4 is 26.8 Å². The number of nitrogens with zero attached hydrogens (tertiary/aromatic N) is 2. The van der Waals surface area contributed by atoms with E-state index in [1.165, 1.54) is 36.9 Å². The van der Waals surface area contributed by atoms with Gasteiger partial charge in [-0.3, -0.25) is 14.4 Å². The van der Waals surface area contributed by atoms with Crippen LogP contribution in [-0.2, 0) is 28.7 Å². The van der Waals surface area contributed by atoms with E-state index >= 15 is 0 Å². The highest BCUT2D eigenvalue weighted by molar-refractivity contribution is 7.91. The summed E-state index contributed by atoms with van der Waals surface area (Å²) < 4.78 is 27.8. The molecule has 1 saturated carbocycles. The zero-order valence-electron chi connectivity index (χ0n) is 17.0. The minimum Gasteiger partial charge on any atom is -0.353 e. The van der Waals surface area contributed by atoms with E-state index in [0.29, 0.717) is 17.0 Å². The molecule has 8 nitrogen and oxygen atoms in total. The molecule has 1 aliphatic carbocycles. The van der Waals surface area contributed by atoms with Crippen LogP contribution < -0.4 is 16.4 Å². The third kappa shape index (κ3) is 4.29. The standard InChI is InChI=1S/C20H27N3O5S/c1-13-6-4-5-7-15(13)21-18(24)10-11-29(27,28)14-8-9-16-17(12-14)23(3)20(26)19(25)22(16)2/h8-9,12-13,15H,4-7,10-11H2,1-3H3,(H,21,24). The molecule has 3 rings (SSSR count). The Bertz CT molecular complexity index is 1160. The zero-order valence-corrected chi connectivity index (χ0v) is 17.8. The second kappa shape index (κ2) is 8.14. The van der Waals surface area contributed by atoms with Gasteiger partial charge in [-0.2, -0.15) is 0 Å². The van der Waals surface area contributed by atoms with E-state index in [1.807, 2.05) is 0 Å². The lowest BCUT2D eigenvalue weighted by molar-refractivity contribution is -0.122. The van der Waals surface area contributed by atoms with Gasteiger partial charge in [-0.15, -0.1) is 0 Å². The maximum absolute atomic E-state index is 12.7. The molecular weight excluding hydrogens is 394 g/mol. The molecule has 2 aromatic rings. The van der Waals surface area contributed by atoms with E-state index in [4.69, 9.17) is 0 Å². The largest absolute Gasteiger partial charge is 0.353 e. The van der Waals surface area contributed by atoms with Crippen molar-refractivity contribution in [2.45, 2.75) is 50.0 Å². The Labute approximate surface area is 169 Å². The summed E-state index contributed by atoms with van der Waals surface area (Å²) >= 11 is 0. The quantitative estimate of drug-likeness (QED) is 0.728. The molecule has 1 fully saturated rings. The van der Waals surface area contributed by atoms with Crippen LogP contribution in [0.15, 0.2) is 32.7 Å². The molecule has 1 aromatic heterocycles. The molecule has 29 heavy (non-hydrogen) atoms. The first-order valence-corrected chi connectivity index (χ1v) is 11.5. The molecule has 1 aromatic carbocycles. The number of hydrogen-bond acceptors (Lipinski definition) is 5. The molecule has 0 aliphatic heterocycles. The van der Waals surface area contributed by atoms with Gasteiger partial charge in [0.15, 0.2) is 9.84 Å². The average Bonchev–Trinajstić information content (AvgIpc) is 2.70. The Morgan fingerprint density at radius 3 is 2.34 bits per heavy atom. The molecule has 2 atom stereocenters. The van der Waals surface area contributed by atoms with Gasteiger partial charge in [-0.05, 0) is 37.0 Å². The van der Waals surface area contributed by atoms with E-state index in [1.54, 1.807) is 0 Å². The molecule has 2 unspecified atom stereocenters. The van der Waals surface area contributed by atoms with Gasteiger partial charge in [0, 0.05) is 26.6 Å².